The minimum atomic E-state index is -0.553. The maximum absolute atomic E-state index is 14.0. The Labute approximate surface area is 307 Å². The van der Waals surface area contributed by atoms with Gasteiger partial charge in [0.2, 0.25) is 0 Å². The number of hydrogen-bond acceptors (Lipinski definition) is 8. The maximum Gasteiger partial charge on any atom is 0.253 e. The van der Waals surface area contributed by atoms with Gasteiger partial charge in [-0.1, -0.05) is 40.5 Å². The van der Waals surface area contributed by atoms with Crippen molar-refractivity contribution in [1.82, 2.24) is 29.8 Å². The first kappa shape index (κ1) is 36.0. The fourth-order valence-electron chi connectivity index (χ4n) is 6.39. The molecule has 5 aromatic rings. The van der Waals surface area contributed by atoms with Gasteiger partial charge in [0.25, 0.3) is 5.91 Å². The van der Waals surface area contributed by atoms with Crippen LogP contribution in [0.5, 0.6) is 0 Å². The summed E-state index contributed by atoms with van der Waals surface area (Å²) in [4.78, 5) is 21.8. The summed E-state index contributed by atoms with van der Waals surface area (Å²) in [6.45, 7) is 11.2. The van der Waals surface area contributed by atoms with Crippen LogP contribution in [0.25, 0.3) is 10.9 Å². The Kier molecular flexibility index (Phi) is 10.5. The largest absolute Gasteiger partial charge is 0.373 e. The number of halogens is 3. The van der Waals surface area contributed by atoms with Gasteiger partial charge < -0.3 is 15.5 Å². The fraction of sp³-hybridized carbons (Fsp3) is 0.342. The van der Waals surface area contributed by atoms with Crippen LogP contribution in [-0.4, -0.2) is 67.9 Å². The lowest BCUT2D eigenvalue weighted by Crippen LogP contribution is -2.46. The van der Waals surface area contributed by atoms with Crippen LogP contribution in [0.3, 0.4) is 0 Å². The lowest BCUT2D eigenvalue weighted by atomic mass is 9.98. The molecule has 0 radical (unpaired) electrons. The summed E-state index contributed by atoms with van der Waals surface area (Å²) in [5.41, 5.74) is 4.40. The fourth-order valence-corrected chi connectivity index (χ4v) is 6.84. The summed E-state index contributed by atoms with van der Waals surface area (Å²) < 4.78 is 15.9. The number of amides is 1. The van der Waals surface area contributed by atoms with E-state index in [-0.39, 0.29) is 28.1 Å². The van der Waals surface area contributed by atoms with Crippen LogP contribution in [0.1, 0.15) is 79.8 Å². The number of fused-ring (bicyclic) bond motifs is 1. The Morgan fingerprint density at radius 3 is 2.53 bits per heavy atom. The minimum absolute atomic E-state index is 0.0567. The average molecular weight is 729 g/mol. The van der Waals surface area contributed by atoms with E-state index in [0.717, 1.165) is 31.5 Å². The molecule has 0 saturated carbocycles. The molecule has 0 spiro atoms. The highest BCUT2D eigenvalue weighted by atomic mass is 35.5. The molecule has 1 saturated heterocycles. The van der Waals surface area contributed by atoms with Crippen molar-refractivity contribution in [2.45, 2.75) is 58.2 Å². The van der Waals surface area contributed by atoms with Crippen molar-refractivity contribution in [1.29, 1.82) is 5.26 Å². The molecule has 3 aromatic carbocycles. The average Bonchev–Trinajstić information content (AvgIpc) is 3.61. The van der Waals surface area contributed by atoms with Gasteiger partial charge in [0.05, 0.1) is 45.1 Å². The Hall–Kier alpha value is -4.76. The Balaban J connectivity index is 1.40. The molecule has 2 aromatic heterocycles. The van der Waals surface area contributed by atoms with Gasteiger partial charge in [-0.05, 0) is 88.6 Å². The van der Waals surface area contributed by atoms with E-state index in [9.17, 15) is 14.4 Å². The number of nitrogens with one attached hydrogen (secondary N) is 2. The van der Waals surface area contributed by atoms with Gasteiger partial charge in [0.15, 0.2) is 0 Å². The van der Waals surface area contributed by atoms with Gasteiger partial charge in [-0.2, -0.15) is 5.26 Å². The lowest BCUT2D eigenvalue weighted by Gasteiger charge is -2.40. The number of nitrogens with zero attached hydrogens (tertiary/aromatic N) is 7. The molecule has 264 valence electrons. The Morgan fingerprint density at radius 1 is 1.10 bits per heavy atom. The Bertz CT molecular complexity index is 2120. The molecule has 2 N–H and O–H groups in total. The highest BCUT2D eigenvalue weighted by molar-refractivity contribution is 6.36. The number of pyridine rings is 1. The first-order chi connectivity index (χ1) is 24.4. The molecule has 0 aliphatic carbocycles. The van der Waals surface area contributed by atoms with E-state index in [1.165, 1.54) is 24.4 Å². The van der Waals surface area contributed by atoms with Crippen molar-refractivity contribution in [3.63, 3.8) is 0 Å². The van der Waals surface area contributed by atoms with E-state index < -0.39 is 11.9 Å². The van der Waals surface area contributed by atoms with Crippen molar-refractivity contribution in [3.8, 4) is 6.07 Å². The molecule has 1 aliphatic rings. The summed E-state index contributed by atoms with van der Waals surface area (Å²) in [6, 6.07) is 17.2. The van der Waals surface area contributed by atoms with Gasteiger partial charge >= 0.3 is 0 Å². The number of hydrogen-bond donors (Lipinski definition) is 2. The predicted molar refractivity (Wildman–Crippen MR) is 200 cm³/mol. The zero-order valence-corrected chi connectivity index (χ0v) is 30.7. The molecule has 1 amide bonds. The number of piperidine rings is 1. The number of carbonyl (C=O) groups excluding carboxylic acids is 1. The van der Waals surface area contributed by atoms with Gasteiger partial charge in [0, 0.05) is 60.7 Å². The summed E-state index contributed by atoms with van der Waals surface area (Å²) >= 11 is 12.9. The molecule has 0 bridgehead atoms. The van der Waals surface area contributed by atoms with Gasteiger partial charge in [-0.25, -0.2) is 9.07 Å². The standard InChI is InChI=1S/C38H40Cl2FN9O/c1-6-48(5)37(51)24-9-7-8-23(16-24)35(33-22-50(47-46-33)28-12-14-49(15-13-28)38(2,3)4)45-27-17-29-34(44-26-10-11-32(41)30(39)18-26)25(20-42)21-43-36(29)31(40)19-27/h7-11,16-19,21-22,28,35,45H,6,12-15H2,1-5H3,(H,43,44)/t35-/m0/s1. The quantitative estimate of drug-likeness (QED) is 0.155. The molecular weight excluding hydrogens is 688 g/mol. The summed E-state index contributed by atoms with van der Waals surface area (Å²) in [5, 5.41) is 26.9. The number of anilines is 3. The monoisotopic (exact) mass is 727 g/mol. The molecule has 1 fully saturated rings. The van der Waals surface area contributed by atoms with E-state index in [1.54, 1.807) is 24.1 Å². The van der Waals surface area contributed by atoms with E-state index in [4.69, 9.17) is 23.2 Å². The van der Waals surface area contributed by atoms with E-state index in [0.29, 0.717) is 50.8 Å². The summed E-state index contributed by atoms with van der Waals surface area (Å²) in [7, 11) is 1.77. The van der Waals surface area contributed by atoms with Crippen molar-refractivity contribution in [2.24, 2.45) is 0 Å². The highest BCUT2D eigenvalue weighted by Crippen LogP contribution is 2.37. The second kappa shape index (κ2) is 14.8. The van der Waals surface area contributed by atoms with Crippen LogP contribution < -0.4 is 10.6 Å². The first-order valence-electron chi connectivity index (χ1n) is 16.9. The summed E-state index contributed by atoms with van der Waals surface area (Å²) in [5.74, 6) is -0.643. The zero-order chi connectivity index (χ0) is 36.4. The normalized spacial score (nSPS) is 14.6. The third-order valence-electron chi connectivity index (χ3n) is 9.44. The molecule has 13 heteroatoms. The molecule has 6 rings (SSSR count). The topological polar surface area (TPSA) is 115 Å². The van der Waals surface area contributed by atoms with Crippen LogP contribution in [0.4, 0.5) is 21.5 Å². The number of likely N-dealkylation sites (tertiary alicyclic amines) is 1. The van der Waals surface area contributed by atoms with Crippen LogP contribution in [0, 0.1) is 17.1 Å². The number of nitriles is 1. The summed E-state index contributed by atoms with van der Waals surface area (Å²) in [6.07, 6.45) is 5.33. The number of rotatable bonds is 9. The van der Waals surface area contributed by atoms with Crippen molar-refractivity contribution < 1.29 is 9.18 Å². The maximum atomic E-state index is 14.0. The van der Waals surface area contributed by atoms with Gasteiger partial charge in [-0.3, -0.25) is 14.7 Å². The SMILES string of the molecule is CCN(C)C(=O)c1cccc([C@H](Nc2cc(Cl)c3ncc(C#N)c(Nc4ccc(F)c(Cl)c4)c3c2)c2cn(C3CCN(C(C)(C)C)CC3)nn2)c1. The third kappa shape index (κ3) is 7.78. The number of aromatic nitrogens is 4. The first-order valence-corrected chi connectivity index (χ1v) is 17.6. The van der Waals surface area contributed by atoms with E-state index in [1.807, 2.05) is 42.1 Å². The highest BCUT2D eigenvalue weighted by Gasteiger charge is 2.29. The van der Waals surface area contributed by atoms with Crippen molar-refractivity contribution in [3.05, 3.63) is 105 Å². The minimum Gasteiger partial charge on any atom is -0.373 e. The van der Waals surface area contributed by atoms with Crippen LogP contribution >= 0.6 is 23.2 Å². The van der Waals surface area contributed by atoms with Crippen LogP contribution in [0.2, 0.25) is 10.0 Å². The lowest BCUT2D eigenvalue weighted by molar-refractivity contribution is 0.0802. The molecule has 1 aliphatic heterocycles. The second-order valence-corrected chi connectivity index (χ2v) is 14.6. The third-order valence-corrected chi connectivity index (χ3v) is 10.0. The molecule has 0 unspecified atom stereocenters. The number of carbonyl (C=O) groups is 1. The molecule has 1 atom stereocenters. The van der Waals surface area contributed by atoms with Crippen LogP contribution in [0.15, 0.2) is 67.0 Å². The van der Waals surface area contributed by atoms with Gasteiger partial charge in [0.1, 0.15) is 17.6 Å². The van der Waals surface area contributed by atoms with Crippen LogP contribution in [-0.2, 0) is 0 Å². The molecule has 51 heavy (non-hydrogen) atoms. The molecular formula is C38H40Cl2FN9O. The van der Waals surface area contributed by atoms with E-state index >= 15 is 0 Å². The molecule has 3 heterocycles. The van der Waals surface area contributed by atoms with Gasteiger partial charge in [-0.15, -0.1) is 5.10 Å². The smallest absolute Gasteiger partial charge is 0.253 e. The second-order valence-electron chi connectivity index (χ2n) is 13.8. The molecule has 10 nitrogen and oxygen atoms in total. The van der Waals surface area contributed by atoms with Crippen molar-refractivity contribution >= 4 is 57.1 Å². The predicted octanol–water partition coefficient (Wildman–Crippen LogP) is 8.62. The van der Waals surface area contributed by atoms with E-state index in [2.05, 4.69) is 57.7 Å². The number of benzene rings is 3. The van der Waals surface area contributed by atoms with Crippen molar-refractivity contribution in [2.75, 3.05) is 37.3 Å². The Morgan fingerprint density at radius 2 is 1.84 bits per heavy atom. The zero-order valence-electron chi connectivity index (χ0n) is 29.2.